The normalized spacial score (nSPS) is 11.4. The van der Waals surface area contributed by atoms with E-state index in [-0.39, 0.29) is 29.4 Å². The number of allylic oxidation sites excluding steroid dienone is 1. The fourth-order valence-electron chi connectivity index (χ4n) is 4.46. The van der Waals surface area contributed by atoms with E-state index >= 15 is 0 Å². The lowest BCUT2D eigenvalue weighted by Crippen LogP contribution is -2.11. The Balaban J connectivity index is 1.42. The van der Waals surface area contributed by atoms with Crippen LogP contribution >= 0.6 is 0 Å². The summed E-state index contributed by atoms with van der Waals surface area (Å²) in [5.74, 6) is 0.370. The number of rotatable bonds is 7. The molecule has 0 amide bonds. The first kappa shape index (κ1) is 25.5. The fourth-order valence-corrected chi connectivity index (χ4v) is 4.46. The predicted molar refractivity (Wildman–Crippen MR) is 156 cm³/mol. The number of fused-ring (bicyclic) bond motifs is 1. The second-order valence-corrected chi connectivity index (χ2v) is 9.22. The number of ether oxygens (including phenoxy) is 1. The first-order valence-corrected chi connectivity index (χ1v) is 12.8. The Labute approximate surface area is 234 Å². The van der Waals surface area contributed by atoms with E-state index in [2.05, 4.69) is 16.0 Å². The van der Waals surface area contributed by atoms with Crippen molar-refractivity contribution in [2.45, 2.75) is 6.61 Å². The molecule has 198 valence electrons. The number of H-pyrrole nitrogens is 1. The molecule has 1 N–H and O–H groups in total. The van der Waals surface area contributed by atoms with E-state index in [1.165, 1.54) is 6.07 Å². The minimum Gasteiger partial charge on any atom is -0.489 e. The molecule has 2 heterocycles. The van der Waals surface area contributed by atoms with Gasteiger partial charge in [-0.3, -0.25) is 4.79 Å². The molecular formula is C33H22FN5O2. The van der Waals surface area contributed by atoms with Gasteiger partial charge in [-0.1, -0.05) is 60.7 Å². The van der Waals surface area contributed by atoms with Gasteiger partial charge in [0.1, 0.15) is 29.9 Å². The maximum atomic E-state index is 14.1. The van der Waals surface area contributed by atoms with Crippen molar-refractivity contribution < 1.29 is 9.13 Å². The molecular weight excluding hydrogens is 517 g/mol. The third-order valence-corrected chi connectivity index (χ3v) is 6.51. The van der Waals surface area contributed by atoms with Crippen LogP contribution < -0.4 is 10.3 Å². The molecule has 4 aromatic carbocycles. The summed E-state index contributed by atoms with van der Waals surface area (Å²) in [6.07, 6.45) is 3.47. The number of nitrogens with one attached hydrogen (secondary N) is 1. The molecule has 41 heavy (non-hydrogen) atoms. The van der Waals surface area contributed by atoms with Gasteiger partial charge in [0, 0.05) is 22.9 Å². The summed E-state index contributed by atoms with van der Waals surface area (Å²) in [6, 6.07) is 32.5. The van der Waals surface area contributed by atoms with Gasteiger partial charge < -0.3 is 9.72 Å². The lowest BCUT2D eigenvalue weighted by atomic mass is 10.1. The van der Waals surface area contributed by atoms with E-state index in [4.69, 9.17) is 9.84 Å². The molecule has 0 saturated heterocycles. The SMILES string of the molecule is N#CC(=Cc1cn(-c2ccccc2)nc1-c1cccc(OCc2ccccc2F)c1)c1nc2ccccc2c(=O)[nH]1. The summed E-state index contributed by atoms with van der Waals surface area (Å²) < 4.78 is 21.7. The summed E-state index contributed by atoms with van der Waals surface area (Å²) in [5, 5.41) is 15.3. The number of nitriles is 1. The molecule has 0 fully saturated rings. The van der Waals surface area contributed by atoms with Crippen molar-refractivity contribution in [1.29, 1.82) is 5.26 Å². The molecule has 7 nitrogen and oxygen atoms in total. The van der Waals surface area contributed by atoms with Crippen LogP contribution in [0.2, 0.25) is 0 Å². The van der Waals surface area contributed by atoms with Gasteiger partial charge in [0.15, 0.2) is 5.82 Å². The maximum Gasteiger partial charge on any atom is 0.259 e. The van der Waals surface area contributed by atoms with Crippen LogP contribution in [0, 0.1) is 17.1 Å². The Hall–Kier alpha value is -5.81. The molecule has 0 spiro atoms. The number of aromatic nitrogens is 4. The Bertz CT molecular complexity index is 2000. The summed E-state index contributed by atoms with van der Waals surface area (Å²) in [5.41, 5.74) is 3.57. The van der Waals surface area contributed by atoms with Crippen molar-refractivity contribution in [2.75, 3.05) is 0 Å². The monoisotopic (exact) mass is 539 g/mol. The van der Waals surface area contributed by atoms with Crippen molar-refractivity contribution >= 4 is 22.6 Å². The van der Waals surface area contributed by atoms with Gasteiger partial charge in [0.05, 0.1) is 22.2 Å². The molecule has 0 aliphatic rings. The van der Waals surface area contributed by atoms with Gasteiger partial charge in [-0.15, -0.1) is 0 Å². The van der Waals surface area contributed by atoms with E-state index in [1.54, 1.807) is 59.3 Å². The van der Waals surface area contributed by atoms with Crippen molar-refractivity contribution in [2.24, 2.45) is 0 Å². The Morgan fingerprint density at radius 3 is 2.59 bits per heavy atom. The molecule has 0 atom stereocenters. The van der Waals surface area contributed by atoms with E-state index in [1.807, 2.05) is 54.7 Å². The van der Waals surface area contributed by atoms with E-state index in [0.29, 0.717) is 33.5 Å². The number of aromatic amines is 1. The molecule has 0 unspecified atom stereocenters. The van der Waals surface area contributed by atoms with Crippen LogP contribution in [0.1, 0.15) is 17.0 Å². The second-order valence-electron chi connectivity index (χ2n) is 9.22. The van der Waals surface area contributed by atoms with E-state index < -0.39 is 0 Å². The topological polar surface area (TPSA) is 96.6 Å². The van der Waals surface area contributed by atoms with Crippen LogP contribution in [0.4, 0.5) is 4.39 Å². The lowest BCUT2D eigenvalue weighted by Gasteiger charge is -2.09. The van der Waals surface area contributed by atoms with Gasteiger partial charge in [-0.2, -0.15) is 10.4 Å². The Morgan fingerprint density at radius 1 is 0.976 bits per heavy atom. The lowest BCUT2D eigenvalue weighted by molar-refractivity contribution is 0.300. The summed E-state index contributed by atoms with van der Waals surface area (Å²) in [6.45, 7) is 0.0704. The number of hydrogen-bond acceptors (Lipinski definition) is 5. The maximum absolute atomic E-state index is 14.1. The number of halogens is 1. The molecule has 6 aromatic rings. The third kappa shape index (κ3) is 5.37. The fraction of sp³-hybridized carbons (Fsp3) is 0.0303. The predicted octanol–water partition coefficient (Wildman–Crippen LogP) is 6.56. The molecule has 0 bridgehead atoms. The zero-order valence-electron chi connectivity index (χ0n) is 21.7. The number of benzene rings is 4. The van der Waals surface area contributed by atoms with Crippen LogP contribution in [0.15, 0.2) is 114 Å². The van der Waals surface area contributed by atoms with Gasteiger partial charge in [-0.05, 0) is 48.5 Å². The van der Waals surface area contributed by atoms with Crippen LogP contribution in [-0.4, -0.2) is 19.7 Å². The van der Waals surface area contributed by atoms with E-state index in [0.717, 1.165) is 11.3 Å². The van der Waals surface area contributed by atoms with Crippen LogP contribution in [-0.2, 0) is 6.61 Å². The summed E-state index contributed by atoms with van der Waals surface area (Å²) in [4.78, 5) is 19.9. The molecule has 0 aliphatic carbocycles. The quantitative estimate of drug-likeness (QED) is 0.232. The van der Waals surface area contributed by atoms with Crippen LogP contribution in [0.5, 0.6) is 5.75 Å². The van der Waals surface area contributed by atoms with Crippen molar-refractivity contribution in [3.8, 4) is 28.8 Å². The van der Waals surface area contributed by atoms with Gasteiger partial charge in [0.25, 0.3) is 5.56 Å². The summed E-state index contributed by atoms with van der Waals surface area (Å²) in [7, 11) is 0. The minimum atomic E-state index is -0.331. The highest BCUT2D eigenvalue weighted by atomic mass is 19.1. The second kappa shape index (κ2) is 11.1. The number of para-hydroxylation sites is 2. The van der Waals surface area contributed by atoms with E-state index in [9.17, 15) is 14.4 Å². The van der Waals surface area contributed by atoms with Crippen molar-refractivity contribution in [1.82, 2.24) is 19.7 Å². The molecule has 0 saturated carbocycles. The average molecular weight is 540 g/mol. The summed E-state index contributed by atoms with van der Waals surface area (Å²) >= 11 is 0. The van der Waals surface area contributed by atoms with Gasteiger partial charge in [0.2, 0.25) is 0 Å². The van der Waals surface area contributed by atoms with Gasteiger partial charge >= 0.3 is 0 Å². The molecule has 6 rings (SSSR count). The zero-order chi connectivity index (χ0) is 28.2. The zero-order valence-corrected chi connectivity index (χ0v) is 21.7. The Kier molecular flexibility index (Phi) is 6.91. The third-order valence-electron chi connectivity index (χ3n) is 6.51. The number of nitrogens with zero attached hydrogens (tertiary/aromatic N) is 4. The highest BCUT2D eigenvalue weighted by Gasteiger charge is 2.15. The van der Waals surface area contributed by atoms with Crippen LogP contribution in [0.3, 0.4) is 0 Å². The smallest absolute Gasteiger partial charge is 0.259 e. The standard InChI is InChI=1S/C33H22FN5O2/c34-29-15-6-4-9-23(29)21-41-27-13-8-10-22(18-27)31-25(20-39(38-31)26-11-2-1-3-12-26)17-24(19-35)32-36-30-16-7-5-14-28(30)33(40)37-32/h1-18,20H,21H2,(H,36,37,40). The highest BCUT2D eigenvalue weighted by molar-refractivity contribution is 5.91. The Morgan fingerprint density at radius 2 is 1.76 bits per heavy atom. The highest BCUT2D eigenvalue weighted by Crippen LogP contribution is 2.30. The molecule has 0 aliphatic heterocycles. The average Bonchev–Trinajstić information content (AvgIpc) is 3.44. The number of hydrogen-bond donors (Lipinski definition) is 1. The van der Waals surface area contributed by atoms with Crippen molar-refractivity contribution in [3.63, 3.8) is 0 Å². The molecule has 2 aromatic heterocycles. The minimum absolute atomic E-state index is 0.0704. The van der Waals surface area contributed by atoms with Gasteiger partial charge in [-0.25, -0.2) is 14.1 Å². The first-order chi connectivity index (χ1) is 20.1. The molecule has 8 heteroatoms. The largest absolute Gasteiger partial charge is 0.489 e. The first-order valence-electron chi connectivity index (χ1n) is 12.8. The molecule has 0 radical (unpaired) electrons. The van der Waals surface area contributed by atoms with Crippen LogP contribution in [0.25, 0.3) is 39.5 Å². The van der Waals surface area contributed by atoms with Crippen molar-refractivity contribution in [3.05, 3.63) is 142 Å².